The Kier molecular flexibility index (Phi) is 3.36. The molecule has 0 saturated heterocycles. The van der Waals surface area contributed by atoms with Crippen molar-refractivity contribution in [3.63, 3.8) is 0 Å². The number of alkyl halides is 3. The molecule has 0 aliphatic carbocycles. The number of fused-ring (bicyclic) bond motifs is 1. The number of nitrogens with zero attached hydrogens (tertiary/aromatic N) is 2. The molecule has 118 valence electrons. The number of rotatable bonds is 1. The molecule has 2 heterocycles. The number of ether oxygens (including phenoxy) is 1. The smallest absolute Gasteiger partial charge is 0.422 e. The predicted octanol–water partition coefficient (Wildman–Crippen LogP) is 3.38. The van der Waals surface area contributed by atoms with Gasteiger partial charge in [0.25, 0.3) is 0 Å². The first kappa shape index (κ1) is 15.1. The maximum atomic E-state index is 13.2. The van der Waals surface area contributed by atoms with Crippen LogP contribution >= 0.6 is 0 Å². The summed E-state index contributed by atoms with van der Waals surface area (Å²) in [5.41, 5.74) is 0.158. The van der Waals surface area contributed by atoms with Crippen LogP contribution in [-0.4, -0.2) is 16.1 Å². The highest BCUT2D eigenvalue weighted by atomic mass is 19.4. The quantitative estimate of drug-likeness (QED) is 0.844. The Hall–Kier alpha value is -2.82. The van der Waals surface area contributed by atoms with Crippen molar-refractivity contribution in [2.45, 2.75) is 19.0 Å². The van der Waals surface area contributed by atoms with E-state index in [1.165, 1.54) is 0 Å². The van der Waals surface area contributed by atoms with Crippen molar-refractivity contribution < 1.29 is 17.9 Å². The molecule has 2 N–H and O–H groups in total. The van der Waals surface area contributed by atoms with E-state index in [0.717, 1.165) is 5.56 Å². The average molecular weight is 320 g/mol. The van der Waals surface area contributed by atoms with Crippen LogP contribution in [0.25, 0.3) is 0 Å². The standard InChI is InChI=1S/C15H11F3N4O/c1-7-2-4-8(5-3-7)10-9(6-19)13(20)23-14-11(10)12(21-22-14)15(16,17)18/h2-5,9-10,20H,1H3,(H,21,22). The van der Waals surface area contributed by atoms with Crippen molar-refractivity contribution in [1.29, 1.82) is 10.7 Å². The lowest BCUT2D eigenvalue weighted by Gasteiger charge is -2.28. The van der Waals surface area contributed by atoms with Gasteiger partial charge in [-0.1, -0.05) is 29.8 Å². The zero-order chi connectivity index (χ0) is 16.8. The van der Waals surface area contributed by atoms with Crippen molar-refractivity contribution in [3.8, 4) is 11.9 Å². The van der Waals surface area contributed by atoms with Crippen molar-refractivity contribution in [3.05, 3.63) is 46.6 Å². The Bertz CT molecular complexity index is 802. The van der Waals surface area contributed by atoms with Crippen molar-refractivity contribution >= 4 is 5.90 Å². The second-order valence-electron chi connectivity index (χ2n) is 5.28. The SMILES string of the molecule is Cc1ccc(C2c3c(n[nH]c3C(F)(F)F)OC(=N)C2C#N)cc1. The number of aryl methyl sites for hydroxylation is 1. The molecule has 1 aliphatic rings. The average Bonchev–Trinajstić information content (AvgIpc) is 2.90. The van der Waals surface area contributed by atoms with Crippen molar-refractivity contribution in [2.75, 3.05) is 0 Å². The first-order valence-electron chi connectivity index (χ1n) is 6.71. The van der Waals surface area contributed by atoms with Crippen LogP contribution in [0.5, 0.6) is 5.88 Å². The molecular weight excluding hydrogens is 309 g/mol. The Balaban J connectivity index is 2.23. The molecule has 0 saturated carbocycles. The molecule has 3 rings (SSSR count). The fraction of sp³-hybridized carbons (Fsp3) is 0.267. The number of nitrogens with one attached hydrogen (secondary N) is 2. The minimum Gasteiger partial charge on any atom is -0.422 e. The predicted molar refractivity (Wildman–Crippen MR) is 74.1 cm³/mol. The van der Waals surface area contributed by atoms with E-state index in [0.29, 0.717) is 5.56 Å². The fourth-order valence-electron chi connectivity index (χ4n) is 2.67. The minimum atomic E-state index is -4.66. The largest absolute Gasteiger partial charge is 0.433 e. The Labute approximate surface area is 129 Å². The third-order valence-electron chi connectivity index (χ3n) is 3.76. The summed E-state index contributed by atoms with van der Waals surface area (Å²) in [7, 11) is 0. The third kappa shape index (κ3) is 2.44. The summed E-state index contributed by atoms with van der Waals surface area (Å²) in [6.07, 6.45) is -4.66. The summed E-state index contributed by atoms with van der Waals surface area (Å²) in [5.74, 6) is -2.83. The summed E-state index contributed by atoms with van der Waals surface area (Å²) < 4.78 is 44.7. The lowest BCUT2D eigenvalue weighted by molar-refractivity contribution is -0.142. The van der Waals surface area contributed by atoms with E-state index in [2.05, 4.69) is 5.10 Å². The number of aromatic nitrogens is 2. The highest BCUT2D eigenvalue weighted by Crippen LogP contribution is 2.46. The van der Waals surface area contributed by atoms with Gasteiger partial charge in [0.2, 0.25) is 11.8 Å². The molecule has 0 fully saturated rings. The Morgan fingerprint density at radius 3 is 2.52 bits per heavy atom. The summed E-state index contributed by atoms with van der Waals surface area (Å²) in [6.45, 7) is 1.85. The summed E-state index contributed by atoms with van der Waals surface area (Å²) in [5, 5.41) is 22.6. The van der Waals surface area contributed by atoms with Crippen LogP contribution in [0.2, 0.25) is 0 Å². The van der Waals surface area contributed by atoms with Crippen LogP contribution < -0.4 is 4.74 Å². The molecule has 1 aliphatic heterocycles. The van der Waals surface area contributed by atoms with Gasteiger partial charge in [0.1, 0.15) is 11.6 Å². The van der Waals surface area contributed by atoms with Gasteiger partial charge in [0.05, 0.1) is 11.6 Å². The molecular formula is C15H11F3N4O. The van der Waals surface area contributed by atoms with Crippen LogP contribution in [0.15, 0.2) is 24.3 Å². The minimum absolute atomic E-state index is 0.232. The van der Waals surface area contributed by atoms with E-state index < -0.39 is 29.6 Å². The normalized spacial score (nSPS) is 20.6. The maximum Gasteiger partial charge on any atom is 0.433 e. The molecule has 0 radical (unpaired) electrons. The fourth-order valence-corrected chi connectivity index (χ4v) is 2.67. The molecule has 1 aromatic carbocycles. The molecule has 8 heteroatoms. The number of hydrogen-bond acceptors (Lipinski definition) is 4. The lowest BCUT2D eigenvalue weighted by Crippen LogP contribution is -2.31. The van der Waals surface area contributed by atoms with Crippen molar-refractivity contribution in [2.24, 2.45) is 5.92 Å². The Morgan fingerprint density at radius 1 is 1.30 bits per heavy atom. The second-order valence-corrected chi connectivity index (χ2v) is 5.28. The number of H-pyrrole nitrogens is 1. The van der Waals surface area contributed by atoms with Gasteiger partial charge >= 0.3 is 6.18 Å². The van der Waals surface area contributed by atoms with E-state index in [1.807, 2.05) is 18.1 Å². The number of nitriles is 1. The van der Waals surface area contributed by atoms with Crippen LogP contribution in [0.4, 0.5) is 13.2 Å². The molecule has 2 atom stereocenters. The van der Waals surface area contributed by atoms with Gasteiger partial charge in [-0.15, -0.1) is 5.10 Å². The topological polar surface area (TPSA) is 85.5 Å². The molecule has 2 aromatic rings. The number of benzene rings is 1. The molecule has 23 heavy (non-hydrogen) atoms. The monoisotopic (exact) mass is 320 g/mol. The summed E-state index contributed by atoms with van der Waals surface area (Å²) in [6, 6.07) is 8.66. The highest BCUT2D eigenvalue weighted by molar-refractivity contribution is 5.84. The van der Waals surface area contributed by atoms with Gasteiger partial charge in [-0.2, -0.15) is 18.4 Å². The van der Waals surface area contributed by atoms with Gasteiger partial charge in [-0.25, -0.2) is 0 Å². The van der Waals surface area contributed by atoms with E-state index >= 15 is 0 Å². The molecule has 1 aromatic heterocycles. The highest BCUT2D eigenvalue weighted by Gasteiger charge is 2.46. The summed E-state index contributed by atoms with van der Waals surface area (Å²) in [4.78, 5) is 0. The van der Waals surface area contributed by atoms with Crippen LogP contribution in [0, 0.1) is 29.6 Å². The first-order chi connectivity index (χ1) is 10.8. The van der Waals surface area contributed by atoms with E-state index in [9.17, 15) is 18.4 Å². The van der Waals surface area contributed by atoms with Gasteiger partial charge in [0, 0.05) is 5.92 Å². The molecule has 0 spiro atoms. The summed E-state index contributed by atoms with van der Waals surface area (Å²) >= 11 is 0. The molecule has 5 nitrogen and oxygen atoms in total. The van der Waals surface area contributed by atoms with Gasteiger partial charge < -0.3 is 4.74 Å². The first-order valence-corrected chi connectivity index (χ1v) is 6.71. The van der Waals surface area contributed by atoms with E-state index in [-0.39, 0.29) is 11.4 Å². The second kappa shape index (κ2) is 5.12. The maximum absolute atomic E-state index is 13.2. The molecule has 2 unspecified atom stereocenters. The van der Waals surface area contributed by atoms with Crippen LogP contribution in [-0.2, 0) is 6.18 Å². The molecule has 0 amide bonds. The lowest BCUT2D eigenvalue weighted by atomic mass is 9.79. The zero-order valence-corrected chi connectivity index (χ0v) is 11.9. The van der Waals surface area contributed by atoms with E-state index in [1.54, 1.807) is 24.3 Å². The van der Waals surface area contributed by atoms with Gasteiger partial charge in [-0.05, 0) is 12.5 Å². The number of hydrogen-bond donors (Lipinski definition) is 2. The van der Waals surface area contributed by atoms with Crippen LogP contribution in [0.3, 0.4) is 0 Å². The number of aromatic amines is 1. The zero-order valence-electron chi connectivity index (χ0n) is 11.9. The van der Waals surface area contributed by atoms with E-state index in [4.69, 9.17) is 10.1 Å². The van der Waals surface area contributed by atoms with Crippen molar-refractivity contribution in [1.82, 2.24) is 10.2 Å². The Morgan fingerprint density at radius 2 is 1.96 bits per heavy atom. The van der Waals surface area contributed by atoms with Gasteiger partial charge in [-0.3, -0.25) is 10.5 Å². The van der Waals surface area contributed by atoms with Crippen LogP contribution in [0.1, 0.15) is 28.3 Å². The third-order valence-corrected chi connectivity index (χ3v) is 3.76. The van der Waals surface area contributed by atoms with Gasteiger partial charge in [0.15, 0.2) is 0 Å². The molecule has 0 bridgehead atoms. The number of halogens is 3.